The van der Waals surface area contributed by atoms with E-state index < -0.39 is 0 Å². The van der Waals surface area contributed by atoms with Crippen LogP contribution in [0.25, 0.3) is 11.3 Å². The molecule has 0 aliphatic heterocycles. The van der Waals surface area contributed by atoms with Gasteiger partial charge >= 0.3 is 0 Å². The van der Waals surface area contributed by atoms with Crippen LogP contribution in [0.15, 0.2) is 48.5 Å². The minimum Gasteiger partial charge on any atom is -0.296 e. The number of hydrogen-bond donors (Lipinski definition) is 0. The highest BCUT2D eigenvalue weighted by Crippen LogP contribution is 2.22. The van der Waals surface area contributed by atoms with Gasteiger partial charge in [0.05, 0.1) is 12.2 Å². The maximum atomic E-state index is 13.3. The highest BCUT2D eigenvalue weighted by Gasteiger charge is 2.15. The van der Waals surface area contributed by atoms with Crippen LogP contribution in [0, 0.1) is 11.6 Å². The third-order valence-electron chi connectivity index (χ3n) is 3.21. The zero-order valence-corrected chi connectivity index (χ0v) is 11.4. The van der Waals surface area contributed by atoms with Crippen LogP contribution in [-0.4, -0.2) is 21.3 Å². The molecule has 2 aromatic carbocycles. The van der Waals surface area contributed by atoms with Gasteiger partial charge in [0, 0.05) is 5.56 Å². The van der Waals surface area contributed by atoms with E-state index in [2.05, 4.69) is 10.3 Å². The van der Waals surface area contributed by atoms with Crippen LogP contribution in [0.4, 0.5) is 8.78 Å². The number of carbonyl (C=O) groups excluding carboxylic acids is 1. The molecule has 0 saturated carbocycles. The van der Waals surface area contributed by atoms with Crippen LogP contribution < -0.4 is 0 Å². The molecule has 0 N–H and O–H groups in total. The summed E-state index contributed by atoms with van der Waals surface area (Å²) in [7, 11) is 0. The summed E-state index contributed by atoms with van der Waals surface area (Å²) in [4.78, 5) is 11.1. The Bertz CT molecular complexity index is 813. The molecule has 0 fully saturated rings. The SMILES string of the molecule is O=Cc1nnn(Cc2cccc(F)c2)c1-c1ccc(F)cc1. The largest absolute Gasteiger partial charge is 0.296 e. The van der Waals surface area contributed by atoms with Crippen LogP contribution in [-0.2, 0) is 6.54 Å². The number of nitrogens with zero attached hydrogens (tertiary/aromatic N) is 3. The molecule has 1 aromatic heterocycles. The van der Waals surface area contributed by atoms with E-state index in [0.717, 1.165) is 0 Å². The molecule has 110 valence electrons. The normalized spacial score (nSPS) is 10.6. The lowest BCUT2D eigenvalue weighted by Gasteiger charge is -2.07. The maximum Gasteiger partial charge on any atom is 0.172 e. The van der Waals surface area contributed by atoms with Crippen LogP contribution in [0.3, 0.4) is 0 Å². The van der Waals surface area contributed by atoms with Crippen LogP contribution in [0.1, 0.15) is 16.1 Å². The van der Waals surface area contributed by atoms with Gasteiger partial charge in [0.15, 0.2) is 12.0 Å². The fraction of sp³-hybridized carbons (Fsp3) is 0.0625. The second-order valence-corrected chi connectivity index (χ2v) is 4.74. The first-order valence-electron chi connectivity index (χ1n) is 6.56. The Morgan fingerprint density at radius 2 is 1.82 bits per heavy atom. The predicted molar refractivity (Wildman–Crippen MR) is 76.3 cm³/mol. The Hall–Kier alpha value is -2.89. The molecule has 6 heteroatoms. The Morgan fingerprint density at radius 1 is 1.05 bits per heavy atom. The van der Waals surface area contributed by atoms with Crippen molar-refractivity contribution in [1.29, 1.82) is 0 Å². The summed E-state index contributed by atoms with van der Waals surface area (Å²) in [5, 5.41) is 7.74. The molecule has 0 saturated heterocycles. The second kappa shape index (κ2) is 5.85. The van der Waals surface area contributed by atoms with Gasteiger partial charge in [0.1, 0.15) is 11.6 Å². The zero-order chi connectivity index (χ0) is 15.5. The van der Waals surface area contributed by atoms with Crippen LogP contribution >= 0.6 is 0 Å². The standard InChI is InChI=1S/C16H11F2N3O/c17-13-6-4-12(5-7-13)16-15(10-22)19-20-21(16)9-11-2-1-3-14(18)8-11/h1-8,10H,9H2. The van der Waals surface area contributed by atoms with Gasteiger partial charge in [0.25, 0.3) is 0 Å². The van der Waals surface area contributed by atoms with E-state index in [9.17, 15) is 13.6 Å². The zero-order valence-electron chi connectivity index (χ0n) is 11.4. The number of hydrogen-bond acceptors (Lipinski definition) is 3. The van der Waals surface area contributed by atoms with Crippen molar-refractivity contribution in [3.05, 3.63) is 71.4 Å². The molecule has 0 unspecified atom stereocenters. The minimum atomic E-state index is -0.374. The predicted octanol–water partition coefficient (Wildman–Crippen LogP) is 3.08. The number of halogens is 2. The van der Waals surface area contributed by atoms with Gasteiger partial charge in [-0.05, 0) is 42.0 Å². The number of carbonyl (C=O) groups is 1. The van der Waals surface area contributed by atoms with Crippen molar-refractivity contribution >= 4 is 6.29 Å². The fourth-order valence-electron chi connectivity index (χ4n) is 2.23. The van der Waals surface area contributed by atoms with Gasteiger partial charge < -0.3 is 0 Å². The van der Waals surface area contributed by atoms with E-state index in [0.29, 0.717) is 23.1 Å². The molecular formula is C16H11F2N3O. The molecule has 4 nitrogen and oxygen atoms in total. The molecular weight excluding hydrogens is 288 g/mol. The first-order chi connectivity index (χ1) is 10.7. The average Bonchev–Trinajstić information content (AvgIpc) is 2.91. The van der Waals surface area contributed by atoms with E-state index in [4.69, 9.17) is 0 Å². The Kier molecular flexibility index (Phi) is 3.74. The highest BCUT2D eigenvalue weighted by molar-refractivity contribution is 5.83. The molecule has 3 aromatic rings. The minimum absolute atomic E-state index is 0.156. The van der Waals surface area contributed by atoms with E-state index in [1.54, 1.807) is 24.3 Å². The molecule has 0 spiro atoms. The fourth-order valence-corrected chi connectivity index (χ4v) is 2.23. The third kappa shape index (κ3) is 2.76. The van der Waals surface area contributed by atoms with Gasteiger partial charge in [0.2, 0.25) is 0 Å². The van der Waals surface area contributed by atoms with Crippen molar-refractivity contribution < 1.29 is 13.6 Å². The van der Waals surface area contributed by atoms with E-state index in [-0.39, 0.29) is 23.9 Å². The van der Waals surface area contributed by atoms with Gasteiger partial charge in [-0.3, -0.25) is 4.79 Å². The summed E-state index contributed by atoms with van der Waals surface area (Å²) < 4.78 is 27.8. The molecule has 1 heterocycles. The quantitative estimate of drug-likeness (QED) is 0.696. The van der Waals surface area contributed by atoms with Crippen molar-refractivity contribution in [2.24, 2.45) is 0 Å². The van der Waals surface area contributed by atoms with Crippen molar-refractivity contribution in [1.82, 2.24) is 15.0 Å². The first kappa shape index (κ1) is 14.1. The summed E-state index contributed by atoms with van der Waals surface area (Å²) in [5.74, 6) is -0.725. The Morgan fingerprint density at radius 3 is 2.50 bits per heavy atom. The lowest BCUT2D eigenvalue weighted by Crippen LogP contribution is -2.05. The topological polar surface area (TPSA) is 47.8 Å². The summed E-state index contributed by atoms with van der Waals surface area (Å²) >= 11 is 0. The van der Waals surface area contributed by atoms with Gasteiger partial charge in [-0.2, -0.15) is 0 Å². The lowest BCUT2D eigenvalue weighted by atomic mass is 10.1. The monoisotopic (exact) mass is 299 g/mol. The van der Waals surface area contributed by atoms with Gasteiger partial charge in [-0.1, -0.05) is 17.3 Å². The van der Waals surface area contributed by atoms with Crippen molar-refractivity contribution in [2.75, 3.05) is 0 Å². The van der Waals surface area contributed by atoms with Crippen LogP contribution in [0.5, 0.6) is 0 Å². The van der Waals surface area contributed by atoms with Gasteiger partial charge in [-0.15, -0.1) is 5.10 Å². The smallest absolute Gasteiger partial charge is 0.172 e. The van der Waals surface area contributed by atoms with Gasteiger partial charge in [-0.25, -0.2) is 13.5 Å². The van der Waals surface area contributed by atoms with Crippen molar-refractivity contribution in [3.63, 3.8) is 0 Å². The number of aromatic nitrogens is 3. The lowest BCUT2D eigenvalue weighted by molar-refractivity contribution is 0.111. The van der Waals surface area contributed by atoms with Crippen LogP contribution in [0.2, 0.25) is 0 Å². The summed E-state index contributed by atoms with van der Waals surface area (Å²) in [6.07, 6.45) is 0.591. The second-order valence-electron chi connectivity index (χ2n) is 4.74. The number of aldehydes is 1. The summed E-state index contributed by atoms with van der Waals surface area (Å²) in [6, 6.07) is 11.8. The molecule has 0 bridgehead atoms. The number of benzene rings is 2. The van der Waals surface area contributed by atoms with Crippen molar-refractivity contribution in [3.8, 4) is 11.3 Å². The average molecular weight is 299 g/mol. The van der Waals surface area contributed by atoms with E-state index >= 15 is 0 Å². The van der Waals surface area contributed by atoms with E-state index in [1.165, 1.54) is 28.9 Å². The highest BCUT2D eigenvalue weighted by atomic mass is 19.1. The molecule has 0 aliphatic rings. The first-order valence-corrected chi connectivity index (χ1v) is 6.56. The molecule has 0 atom stereocenters. The molecule has 22 heavy (non-hydrogen) atoms. The van der Waals surface area contributed by atoms with E-state index in [1.807, 2.05) is 0 Å². The molecule has 0 aliphatic carbocycles. The number of rotatable bonds is 4. The summed E-state index contributed by atoms with van der Waals surface area (Å²) in [6.45, 7) is 0.255. The summed E-state index contributed by atoms with van der Waals surface area (Å²) in [5.41, 5.74) is 1.93. The molecule has 0 radical (unpaired) electrons. The maximum absolute atomic E-state index is 13.3. The third-order valence-corrected chi connectivity index (χ3v) is 3.21. The molecule has 0 amide bonds. The Labute approximate surface area is 125 Å². The van der Waals surface area contributed by atoms with Crippen molar-refractivity contribution in [2.45, 2.75) is 6.54 Å². The Balaban J connectivity index is 2.03. The molecule has 3 rings (SSSR count).